The third-order valence-corrected chi connectivity index (χ3v) is 5.46. The number of hydrogen-bond donors (Lipinski definition) is 3. The van der Waals surface area contributed by atoms with Gasteiger partial charge in [0.1, 0.15) is 19.8 Å². The molecule has 0 aliphatic rings. The van der Waals surface area contributed by atoms with Gasteiger partial charge in [0.15, 0.2) is 0 Å². The zero-order chi connectivity index (χ0) is 23.2. The Balaban J connectivity index is 5.26. The average Bonchev–Trinajstić information content (AvgIpc) is 2.73. The first-order valence-corrected chi connectivity index (χ1v) is 11.8. The summed E-state index contributed by atoms with van der Waals surface area (Å²) in [6.45, 7) is 12.1. The highest BCUT2D eigenvalue weighted by molar-refractivity contribution is 7.97. The van der Waals surface area contributed by atoms with Crippen molar-refractivity contribution in [2.24, 2.45) is 20.8 Å². The van der Waals surface area contributed by atoms with Gasteiger partial charge in [-0.1, -0.05) is 62.5 Å². The van der Waals surface area contributed by atoms with Gasteiger partial charge in [-0.3, -0.25) is 15.4 Å². The predicted molar refractivity (Wildman–Crippen MR) is 123 cm³/mol. The van der Waals surface area contributed by atoms with E-state index in [2.05, 4.69) is 19.7 Å². The number of carbonyl (C=O) groups is 3. The van der Waals surface area contributed by atoms with Gasteiger partial charge in [-0.05, 0) is 6.42 Å². The van der Waals surface area contributed by atoms with Crippen molar-refractivity contribution in [2.45, 2.75) is 13.3 Å². The molecule has 30 heavy (non-hydrogen) atoms. The molecule has 0 aromatic carbocycles. The number of ether oxygens (including phenoxy) is 3. The second-order valence-electron chi connectivity index (χ2n) is 6.33. The summed E-state index contributed by atoms with van der Waals surface area (Å²) in [5.74, 6) is -1.32. The quantitative estimate of drug-likeness (QED) is 0.127. The van der Waals surface area contributed by atoms with Gasteiger partial charge in [0.25, 0.3) is 0 Å². The van der Waals surface area contributed by atoms with Crippen LogP contribution in [0.25, 0.3) is 0 Å². The Bertz CT molecular complexity index is 573. The molecule has 0 unspecified atom stereocenters. The lowest BCUT2D eigenvalue weighted by molar-refractivity contribution is -0.157. The largest absolute Gasteiger partial charge is 0.461 e. The molecule has 12 heteroatoms. The summed E-state index contributed by atoms with van der Waals surface area (Å²) in [6.07, 6.45) is 0.370. The molecular weight excluding hydrogens is 450 g/mol. The van der Waals surface area contributed by atoms with Crippen LogP contribution in [0, 0.1) is 5.41 Å². The van der Waals surface area contributed by atoms with Crippen LogP contribution in [0.15, 0.2) is 36.5 Å². The van der Waals surface area contributed by atoms with Crippen LogP contribution in [0.2, 0.25) is 0 Å². The van der Waals surface area contributed by atoms with Crippen molar-refractivity contribution in [3.8, 4) is 0 Å². The predicted octanol–water partition coefficient (Wildman–Crippen LogP) is 1.50. The first kappa shape index (κ1) is 28.6. The summed E-state index contributed by atoms with van der Waals surface area (Å²) in [7, 11) is 0. The van der Waals surface area contributed by atoms with Gasteiger partial charge >= 0.3 is 17.9 Å². The second kappa shape index (κ2) is 15.4. The fraction of sp³-hybridized carbons (Fsp3) is 0.500. The average molecular weight is 480 g/mol. The Labute approximate surface area is 189 Å². The molecule has 0 aromatic heterocycles. The van der Waals surface area contributed by atoms with Crippen molar-refractivity contribution in [3.05, 3.63) is 36.5 Å². The van der Waals surface area contributed by atoms with Gasteiger partial charge < -0.3 is 14.2 Å². The van der Waals surface area contributed by atoms with Gasteiger partial charge in [0.05, 0.1) is 5.41 Å². The Morgan fingerprint density at radius 1 is 0.700 bits per heavy atom. The van der Waals surface area contributed by atoms with E-state index in [1.807, 2.05) is 0 Å². The van der Waals surface area contributed by atoms with Crippen molar-refractivity contribution in [3.63, 3.8) is 0 Å². The van der Waals surface area contributed by atoms with E-state index in [0.29, 0.717) is 6.42 Å². The normalized spacial score (nSPS) is 10.8. The van der Waals surface area contributed by atoms with E-state index >= 15 is 0 Å². The van der Waals surface area contributed by atoms with Gasteiger partial charge in [-0.15, -0.1) is 0 Å². The molecule has 0 aromatic rings. The third kappa shape index (κ3) is 10.5. The SMILES string of the molecule is C=C(CSN)C(=O)OCC(CC)(COC(=O)C(=C)CSN)COC(=O)C(=C)CSN. The Hall–Kier alpha value is -1.44. The highest BCUT2D eigenvalue weighted by Gasteiger charge is 2.35. The van der Waals surface area contributed by atoms with E-state index in [-0.39, 0.29) is 53.8 Å². The molecule has 0 amide bonds. The van der Waals surface area contributed by atoms with Crippen molar-refractivity contribution in [1.29, 1.82) is 0 Å². The van der Waals surface area contributed by atoms with Crippen LogP contribution >= 0.6 is 35.8 Å². The number of carbonyl (C=O) groups excluding carboxylic acids is 3. The molecule has 0 rings (SSSR count). The minimum absolute atomic E-state index is 0.173. The highest BCUT2D eigenvalue weighted by atomic mass is 32.2. The minimum Gasteiger partial charge on any atom is -0.461 e. The van der Waals surface area contributed by atoms with Crippen LogP contribution in [-0.2, 0) is 28.6 Å². The van der Waals surface area contributed by atoms with Crippen LogP contribution in [0.1, 0.15) is 13.3 Å². The standard InChI is InChI=1S/C18H29N3O6S3/c1-5-18(9-25-15(22)12(2)6-28-19,10-26-16(23)13(3)7-29-20)11-27-17(24)14(4)8-30-21/h2-11,19-21H2,1H3. The van der Waals surface area contributed by atoms with Crippen molar-refractivity contribution >= 4 is 53.8 Å². The summed E-state index contributed by atoms with van der Waals surface area (Å²) in [5, 5.41) is 16.0. The first-order valence-electron chi connectivity index (χ1n) is 8.66. The van der Waals surface area contributed by atoms with E-state index in [1.165, 1.54) is 0 Å². The molecule has 0 atom stereocenters. The van der Waals surface area contributed by atoms with Crippen molar-refractivity contribution in [2.75, 3.05) is 37.1 Å². The molecule has 0 heterocycles. The number of esters is 3. The Morgan fingerprint density at radius 2 is 0.967 bits per heavy atom. The van der Waals surface area contributed by atoms with Crippen LogP contribution in [0.5, 0.6) is 0 Å². The second-order valence-corrected chi connectivity index (χ2v) is 8.19. The van der Waals surface area contributed by atoms with E-state index in [1.54, 1.807) is 6.92 Å². The fourth-order valence-electron chi connectivity index (χ4n) is 1.87. The van der Waals surface area contributed by atoms with Crippen molar-refractivity contribution in [1.82, 2.24) is 0 Å². The van der Waals surface area contributed by atoms with Crippen LogP contribution in [0.3, 0.4) is 0 Å². The number of nitrogens with two attached hydrogens (primary N) is 3. The maximum absolute atomic E-state index is 12.1. The highest BCUT2D eigenvalue weighted by Crippen LogP contribution is 2.26. The molecular formula is C18H29N3O6S3. The summed E-state index contributed by atoms with van der Waals surface area (Å²) in [5.41, 5.74) is -0.432. The summed E-state index contributed by atoms with van der Waals surface area (Å²) in [6, 6.07) is 0. The molecule has 0 spiro atoms. The third-order valence-electron chi connectivity index (χ3n) is 3.92. The van der Waals surface area contributed by atoms with Gasteiger partial charge in [0.2, 0.25) is 0 Å². The molecule has 0 aliphatic heterocycles. The topological polar surface area (TPSA) is 157 Å². The monoisotopic (exact) mass is 479 g/mol. The molecule has 0 aliphatic carbocycles. The summed E-state index contributed by atoms with van der Waals surface area (Å²) >= 11 is 2.81. The summed E-state index contributed by atoms with van der Waals surface area (Å²) < 4.78 is 15.9. The lowest BCUT2D eigenvalue weighted by Gasteiger charge is -2.31. The van der Waals surface area contributed by atoms with Crippen LogP contribution in [0.4, 0.5) is 0 Å². The molecule has 0 radical (unpaired) electrons. The number of hydrogen-bond acceptors (Lipinski definition) is 12. The molecule has 9 nitrogen and oxygen atoms in total. The smallest absolute Gasteiger partial charge is 0.334 e. The zero-order valence-electron chi connectivity index (χ0n) is 17.0. The molecule has 0 saturated heterocycles. The lowest BCUT2D eigenvalue weighted by Crippen LogP contribution is -2.39. The van der Waals surface area contributed by atoms with Gasteiger partial charge in [-0.2, -0.15) is 0 Å². The van der Waals surface area contributed by atoms with Crippen molar-refractivity contribution < 1.29 is 28.6 Å². The molecule has 170 valence electrons. The Morgan fingerprint density at radius 3 is 1.17 bits per heavy atom. The zero-order valence-corrected chi connectivity index (χ0v) is 19.4. The van der Waals surface area contributed by atoms with E-state index in [4.69, 9.17) is 29.6 Å². The molecule has 6 N–H and O–H groups in total. The van der Waals surface area contributed by atoms with Gasteiger partial charge in [-0.25, -0.2) is 14.4 Å². The van der Waals surface area contributed by atoms with Crippen LogP contribution in [-0.4, -0.2) is 55.0 Å². The fourth-order valence-corrected chi connectivity index (χ4v) is 2.83. The first-order chi connectivity index (χ1) is 14.2. The molecule has 0 bridgehead atoms. The number of rotatable bonds is 16. The lowest BCUT2D eigenvalue weighted by atomic mass is 9.88. The Kier molecular flexibility index (Phi) is 14.6. The molecule has 0 saturated carbocycles. The van der Waals surface area contributed by atoms with Crippen LogP contribution < -0.4 is 15.4 Å². The van der Waals surface area contributed by atoms with Gasteiger partial charge in [0, 0.05) is 34.0 Å². The van der Waals surface area contributed by atoms with E-state index in [9.17, 15) is 14.4 Å². The molecule has 0 fully saturated rings. The maximum Gasteiger partial charge on any atom is 0.334 e. The van der Waals surface area contributed by atoms with E-state index < -0.39 is 23.3 Å². The summed E-state index contributed by atoms with van der Waals surface area (Å²) in [4.78, 5) is 36.3. The minimum atomic E-state index is -0.983. The van der Waals surface area contributed by atoms with E-state index in [0.717, 1.165) is 35.8 Å². The maximum atomic E-state index is 12.1.